The molecule has 0 bridgehead atoms. The van der Waals surface area contributed by atoms with E-state index in [-0.39, 0.29) is 24.7 Å². The summed E-state index contributed by atoms with van der Waals surface area (Å²) in [6.45, 7) is 2.06. The topological polar surface area (TPSA) is 92.7 Å². The van der Waals surface area contributed by atoms with Crippen LogP contribution in [0, 0.1) is 0 Å². The van der Waals surface area contributed by atoms with Gasteiger partial charge in [-0.25, -0.2) is 4.79 Å². The van der Waals surface area contributed by atoms with Crippen molar-refractivity contribution in [3.8, 4) is 0 Å². The zero-order valence-corrected chi connectivity index (χ0v) is 12.7. The molecule has 0 aliphatic rings. The van der Waals surface area contributed by atoms with Gasteiger partial charge in [0.15, 0.2) is 0 Å². The molecular weight excluding hydrogens is 306 g/mol. The molecule has 0 unspecified atom stereocenters. The third-order valence-electron chi connectivity index (χ3n) is 2.84. The van der Waals surface area contributed by atoms with Crippen molar-refractivity contribution in [1.82, 2.24) is 0 Å². The molecule has 1 aromatic carbocycles. The molecule has 7 heteroatoms. The number of esters is 1. The number of aliphatic carboxylic acids is 1. The minimum Gasteiger partial charge on any atom is -0.481 e. The summed E-state index contributed by atoms with van der Waals surface area (Å²) in [5.41, 5.74) is 0.566. The SMILES string of the molecule is CCOC(=O)c1cc2cc(NC(=O)CCC(=O)O)ccc2s1. The summed E-state index contributed by atoms with van der Waals surface area (Å²) in [6, 6.07) is 6.97. The Morgan fingerprint density at radius 2 is 2.00 bits per heavy atom. The molecule has 0 saturated carbocycles. The van der Waals surface area contributed by atoms with Crippen molar-refractivity contribution in [3.63, 3.8) is 0 Å². The summed E-state index contributed by atoms with van der Waals surface area (Å²) in [5.74, 6) is -1.74. The van der Waals surface area contributed by atoms with Crippen LogP contribution in [-0.2, 0) is 14.3 Å². The number of ether oxygens (including phenoxy) is 1. The first-order valence-corrected chi connectivity index (χ1v) is 7.53. The molecule has 116 valence electrons. The molecular formula is C15H15NO5S. The number of fused-ring (bicyclic) bond motifs is 1. The number of carboxylic acids is 1. The number of hydrogen-bond acceptors (Lipinski definition) is 5. The molecule has 1 heterocycles. The second-order valence-corrected chi connectivity index (χ2v) is 5.61. The van der Waals surface area contributed by atoms with E-state index in [1.54, 1.807) is 31.2 Å². The first-order valence-electron chi connectivity index (χ1n) is 6.72. The summed E-state index contributed by atoms with van der Waals surface area (Å²) in [5, 5.41) is 12.0. The van der Waals surface area contributed by atoms with E-state index < -0.39 is 5.97 Å². The number of hydrogen-bond donors (Lipinski definition) is 2. The van der Waals surface area contributed by atoms with Crippen LogP contribution in [0.5, 0.6) is 0 Å². The largest absolute Gasteiger partial charge is 0.481 e. The van der Waals surface area contributed by atoms with Crippen LogP contribution in [0.1, 0.15) is 29.4 Å². The number of carbonyl (C=O) groups excluding carboxylic acids is 2. The van der Waals surface area contributed by atoms with Gasteiger partial charge < -0.3 is 15.2 Å². The van der Waals surface area contributed by atoms with Gasteiger partial charge in [0.25, 0.3) is 0 Å². The van der Waals surface area contributed by atoms with Crippen LogP contribution in [0.25, 0.3) is 10.1 Å². The summed E-state index contributed by atoms with van der Waals surface area (Å²) in [6.07, 6.45) is -0.287. The molecule has 1 amide bonds. The fraction of sp³-hybridized carbons (Fsp3) is 0.267. The maximum absolute atomic E-state index is 11.7. The van der Waals surface area contributed by atoms with Gasteiger partial charge in [-0.1, -0.05) is 0 Å². The maximum atomic E-state index is 11.7. The number of carboxylic acid groups (broad SMARTS) is 1. The monoisotopic (exact) mass is 321 g/mol. The Morgan fingerprint density at radius 3 is 2.68 bits per heavy atom. The molecule has 0 atom stereocenters. The predicted octanol–water partition coefficient (Wildman–Crippen LogP) is 2.88. The molecule has 0 saturated heterocycles. The van der Waals surface area contributed by atoms with Crippen LogP contribution in [0.3, 0.4) is 0 Å². The van der Waals surface area contributed by atoms with Gasteiger partial charge in [0.05, 0.1) is 13.0 Å². The zero-order chi connectivity index (χ0) is 16.1. The van der Waals surface area contributed by atoms with E-state index in [0.717, 1.165) is 10.1 Å². The van der Waals surface area contributed by atoms with Gasteiger partial charge in [-0.15, -0.1) is 11.3 Å². The lowest BCUT2D eigenvalue weighted by atomic mass is 10.2. The molecule has 2 aromatic rings. The van der Waals surface area contributed by atoms with Crippen molar-refractivity contribution in [2.45, 2.75) is 19.8 Å². The maximum Gasteiger partial charge on any atom is 0.348 e. The molecule has 0 aliphatic carbocycles. The van der Waals surface area contributed by atoms with Crippen molar-refractivity contribution < 1.29 is 24.2 Å². The van der Waals surface area contributed by atoms with Gasteiger partial charge in [-0.05, 0) is 36.6 Å². The number of rotatable bonds is 6. The molecule has 0 spiro atoms. The van der Waals surface area contributed by atoms with Gasteiger partial charge in [0, 0.05) is 16.8 Å². The number of amides is 1. The van der Waals surface area contributed by atoms with Crippen LogP contribution < -0.4 is 5.32 Å². The first-order chi connectivity index (χ1) is 10.5. The Balaban J connectivity index is 2.11. The highest BCUT2D eigenvalue weighted by atomic mass is 32.1. The van der Waals surface area contributed by atoms with Crippen molar-refractivity contribution in [3.05, 3.63) is 29.1 Å². The number of carbonyl (C=O) groups is 3. The van der Waals surface area contributed by atoms with Gasteiger partial charge >= 0.3 is 11.9 Å². The Kier molecular flexibility index (Phi) is 5.11. The quantitative estimate of drug-likeness (QED) is 0.798. The van der Waals surface area contributed by atoms with Crippen LogP contribution in [-0.4, -0.2) is 29.6 Å². The summed E-state index contributed by atoms with van der Waals surface area (Å²) >= 11 is 1.32. The lowest BCUT2D eigenvalue weighted by Crippen LogP contribution is -2.12. The van der Waals surface area contributed by atoms with Crippen molar-refractivity contribution in [2.75, 3.05) is 11.9 Å². The molecule has 0 radical (unpaired) electrons. The Bertz CT molecular complexity index is 722. The van der Waals surface area contributed by atoms with Gasteiger partial charge in [0.2, 0.25) is 5.91 Å². The van der Waals surface area contributed by atoms with Crippen molar-refractivity contribution in [2.24, 2.45) is 0 Å². The van der Waals surface area contributed by atoms with Crippen LogP contribution >= 0.6 is 11.3 Å². The summed E-state index contributed by atoms with van der Waals surface area (Å²) in [7, 11) is 0. The molecule has 1 aromatic heterocycles. The fourth-order valence-electron chi connectivity index (χ4n) is 1.87. The normalized spacial score (nSPS) is 10.4. The van der Waals surface area contributed by atoms with E-state index in [4.69, 9.17) is 9.84 Å². The van der Waals surface area contributed by atoms with E-state index >= 15 is 0 Å². The van der Waals surface area contributed by atoms with E-state index in [2.05, 4.69) is 5.32 Å². The Labute approximate surface area is 130 Å². The van der Waals surface area contributed by atoms with E-state index in [0.29, 0.717) is 17.2 Å². The third kappa shape index (κ3) is 4.05. The standard InChI is InChI=1S/C15H15NO5S/c1-2-21-15(20)12-8-9-7-10(3-4-11(9)22-12)16-13(17)5-6-14(18)19/h3-4,7-8H,2,5-6H2,1H3,(H,16,17)(H,18,19). The third-order valence-corrected chi connectivity index (χ3v) is 3.94. The number of thiophene rings is 1. The average Bonchev–Trinajstić information content (AvgIpc) is 2.88. The van der Waals surface area contributed by atoms with Gasteiger partial charge in [-0.2, -0.15) is 0 Å². The molecule has 0 aliphatic heterocycles. The van der Waals surface area contributed by atoms with E-state index in [9.17, 15) is 14.4 Å². The fourth-order valence-corrected chi connectivity index (χ4v) is 2.80. The highest BCUT2D eigenvalue weighted by Gasteiger charge is 2.12. The molecule has 22 heavy (non-hydrogen) atoms. The molecule has 6 nitrogen and oxygen atoms in total. The zero-order valence-electron chi connectivity index (χ0n) is 11.9. The minimum absolute atomic E-state index is 0.0783. The second-order valence-electron chi connectivity index (χ2n) is 4.53. The first kappa shape index (κ1) is 16.0. The summed E-state index contributed by atoms with van der Waals surface area (Å²) in [4.78, 5) is 34.2. The Morgan fingerprint density at radius 1 is 1.23 bits per heavy atom. The smallest absolute Gasteiger partial charge is 0.348 e. The van der Waals surface area contributed by atoms with Gasteiger partial charge in [-0.3, -0.25) is 9.59 Å². The molecule has 2 rings (SSSR count). The number of nitrogens with one attached hydrogen (secondary N) is 1. The van der Waals surface area contributed by atoms with Crippen LogP contribution in [0.2, 0.25) is 0 Å². The van der Waals surface area contributed by atoms with Crippen molar-refractivity contribution >= 4 is 45.0 Å². The summed E-state index contributed by atoms with van der Waals surface area (Å²) < 4.78 is 5.86. The van der Waals surface area contributed by atoms with Gasteiger partial charge in [0.1, 0.15) is 4.88 Å². The van der Waals surface area contributed by atoms with Crippen LogP contribution in [0.4, 0.5) is 5.69 Å². The van der Waals surface area contributed by atoms with Crippen molar-refractivity contribution in [1.29, 1.82) is 0 Å². The Hall–Kier alpha value is -2.41. The van der Waals surface area contributed by atoms with Crippen LogP contribution in [0.15, 0.2) is 24.3 Å². The second kappa shape index (κ2) is 7.04. The number of benzene rings is 1. The van der Waals surface area contributed by atoms with E-state index in [1.807, 2.05) is 0 Å². The van der Waals surface area contributed by atoms with E-state index in [1.165, 1.54) is 11.3 Å². The highest BCUT2D eigenvalue weighted by Crippen LogP contribution is 2.28. The average molecular weight is 321 g/mol. The lowest BCUT2D eigenvalue weighted by Gasteiger charge is -2.04. The number of anilines is 1. The molecule has 0 fully saturated rings. The predicted molar refractivity (Wildman–Crippen MR) is 83.3 cm³/mol. The molecule has 2 N–H and O–H groups in total. The highest BCUT2D eigenvalue weighted by molar-refractivity contribution is 7.20. The minimum atomic E-state index is -1.01. The lowest BCUT2D eigenvalue weighted by molar-refractivity contribution is -0.138.